The molecule has 0 N–H and O–H groups in total. The lowest BCUT2D eigenvalue weighted by Gasteiger charge is -2.04. The molecule has 0 aliphatic rings. The number of aromatic nitrogens is 1. The van der Waals surface area contributed by atoms with Gasteiger partial charge in [-0.2, -0.15) is 4.99 Å². The first kappa shape index (κ1) is 17.8. The predicted octanol–water partition coefficient (Wildman–Crippen LogP) is 3.18. The number of hydrogen-bond acceptors (Lipinski definition) is 4. The topological polar surface area (TPSA) is 68.5 Å². The summed E-state index contributed by atoms with van der Waals surface area (Å²) in [4.78, 5) is 16.8. The quantitative estimate of drug-likeness (QED) is 0.682. The molecule has 0 fully saturated rings. The van der Waals surface area contributed by atoms with Crippen LogP contribution in [0.5, 0.6) is 0 Å². The van der Waals surface area contributed by atoms with Crippen LogP contribution in [-0.2, 0) is 21.7 Å². The van der Waals surface area contributed by atoms with Gasteiger partial charge < -0.3 is 4.57 Å². The minimum absolute atomic E-state index is 0.0388. The summed E-state index contributed by atoms with van der Waals surface area (Å²) in [7, 11) is -1.80. The Labute approximate surface area is 154 Å². The highest BCUT2D eigenvalue weighted by molar-refractivity contribution is 7.91. The van der Waals surface area contributed by atoms with Crippen LogP contribution < -0.4 is 4.80 Å². The number of carbonyl (C=O) groups is 1. The average molecular weight is 395 g/mol. The van der Waals surface area contributed by atoms with E-state index < -0.39 is 15.7 Å². The number of halogens is 1. The minimum Gasteiger partial charge on any atom is -0.319 e. The summed E-state index contributed by atoms with van der Waals surface area (Å²) < 4.78 is 27.5. The summed E-state index contributed by atoms with van der Waals surface area (Å²) >= 11 is 7.32. The molecular formula is C17H15ClN2O3S2. The van der Waals surface area contributed by atoms with Gasteiger partial charge in [0.05, 0.1) is 25.9 Å². The Kier molecular flexibility index (Phi) is 5.08. The number of amides is 1. The molecule has 0 aliphatic carbocycles. The zero-order valence-corrected chi connectivity index (χ0v) is 15.7. The number of nitrogens with zero attached hydrogens (tertiary/aromatic N) is 2. The van der Waals surface area contributed by atoms with Crippen molar-refractivity contribution < 1.29 is 13.2 Å². The van der Waals surface area contributed by atoms with Crippen molar-refractivity contribution in [2.45, 2.75) is 11.3 Å². The van der Waals surface area contributed by atoms with E-state index in [0.717, 1.165) is 10.2 Å². The molecule has 3 rings (SSSR count). The average Bonchev–Trinajstić information content (AvgIpc) is 2.90. The number of benzene rings is 2. The molecule has 0 aliphatic heterocycles. The Balaban J connectivity index is 1.81. The van der Waals surface area contributed by atoms with Crippen LogP contribution in [0.4, 0.5) is 0 Å². The summed E-state index contributed by atoms with van der Waals surface area (Å²) in [5.74, 6) is -0.800. The SMILES string of the molecule is Cn1c(=NC(=O)CCS(=O)(=O)c2ccccc2Cl)sc2ccccc21. The van der Waals surface area contributed by atoms with Crippen LogP contribution in [0.1, 0.15) is 6.42 Å². The van der Waals surface area contributed by atoms with Crippen LogP contribution in [0.15, 0.2) is 58.4 Å². The van der Waals surface area contributed by atoms with Gasteiger partial charge in [0, 0.05) is 13.5 Å². The standard InChI is InChI=1S/C17H15ClN2O3S2/c1-20-13-7-3-4-8-14(13)24-17(20)19-16(21)10-11-25(22,23)15-9-5-2-6-12(15)18/h2-9H,10-11H2,1H3. The summed E-state index contributed by atoms with van der Waals surface area (Å²) in [6, 6.07) is 13.9. The van der Waals surface area contributed by atoms with Crippen molar-refractivity contribution in [2.75, 3.05) is 5.75 Å². The fraction of sp³-hybridized carbons (Fsp3) is 0.176. The molecule has 1 aromatic heterocycles. The summed E-state index contributed by atoms with van der Waals surface area (Å²) in [6.45, 7) is 0. The molecule has 5 nitrogen and oxygen atoms in total. The van der Waals surface area contributed by atoms with Gasteiger partial charge in [0.15, 0.2) is 14.6 Å². The summed E-state index contributed by atoms with van der Waals surface area (Å²) in [5, 5.41) is 0.155. The van der Waals surface area contributed by atoms with Gasteiger partial charge in [-0.25, -0.2) is 8.42 Å². The second kappa shape index (κ2) is 7.11. The van der Waals surface area contributed by atoms with Gasteiger partial charge in [0.2, 0.25) is 5.91 Å². The largest absolute Gasteiger partial charge is 0.319 e. The molecule has 0 atom stereocenters. The Bertz CT molecular complexity index is 1110. The van der Waals surface area contributed by atoms with Crippen LogP contribution in [0.3, 0.4) is 0 Å². The number of rotatable bonds is 4. The molecule has 1 amide bonds. The molecule has 130 valence electrons. The van der Waals surface area contributed by atoms with Gasteiger partial charge >= 0.3 is 0 Å². The third-order valence-electron chi connectivity index (χ3n) is 3.69. The first-order valence-electron chi connectivity index (χ1n) is 7.48. The monoisotopic (exact) mass is 394 g/mol. The second-order valence-corrected chi connectivity index (χ2v) is 8.91. The number of sulfone groups is 1. The maximum atomic E-state index is 12.3. The van der Waals surface area contributed by atoms with Gasteiger partial charge in [-0.15, -0.1) is 0 Å². The second-order valence-electron chi connectivity index (χ2n) is 5.42. The molecule has 25 heavy (non-hydrogen) atoms. The van der Waals surface area contributed by atoms with Crippen molar-refractivity contribution in [3.05, 3.63) is 58.4 Å². The van der Waals surface area contributed by atoms with E-state index in [0.29, 0.717) is 4.80 Å². The normalized spacial score (nSPS) is 12.6. The van der Waals surface area contributed by atoms with Crippen molar-refractivity contribution in [3.63, 3.8) is 0 Å². The highest BCUT2D eigenvalue weighted by Crippen LogP contribution is 2.22. The number of para-hydroxylation sites is 1. The van der Waals surface area contributed by atoms with Crippen LogP contribution >= 0.6 is 22.9 Å². The van der Waals surface area contributed by atoms with Crippen molar-refractivity contribution in [1.82, 2.24) is 4.57 Å². The van der Waals surface area contributed by atoms with E-state index in [9.17, 15) is 13.2 Å². The van der Waals surface area contributed by atoms with Crippen LogP contribution in [-0.4, -0.2) is 24.6 Å². The molecule has 0 unspecified atom stereocenters. The number of aryl methyl sites for hydroxylation is 1. The third kappa shape index (κ3) is 3.84. The Hall–Kier alpha value is -1.96. The number of thiazole rings is 1. The lowest BCUT2D eigenvalue weighted by atomic mass is 10.3. The molecule has 0 bridgehead atoms. The molecule has 0 radical (unpaired) electrons. The Morgan fingerprint density at radius 1 is 1.16 bits per heavy atom. The van der Waals surface area contributed by atoms with E-state index in [1.165, 1.54) is 23.5 Å². The van der Waals surface area contributed by atoms with Crippen LogP contribution in [0, 0.1) is 0 Å². The van der Waals surface area contributed by atoms with Gasteiger partial charge in [0.25, 0.3) is 0 Å². The van der Waals surface area contributed by atoms with E-state index >= 15 is 0 Å². The lowest BCUT2D eigenvalue weighted by molar-refractivity contribution is -0.117. The molecule has 8 heteroatoms. The highest BCUT2D eigenvalue weighted by atomic mass is 35.5. The Morgan fingerprint density at radius 2 is 1.84 bits per heavy atom. The maximum Gasteiger partial charge on any atom is 0.249 e. The van der Waals surface area contributed by atoms with Gasteiger partial charge in [-0.3, -0.25) is 4.79 Å². The lowest BCUT2D eigenvalue weighted by Crippen LogP contribution is -2.16. The maximum absolute atomic E-state index is 12.3. The summed E-state index contributed by atoms with van der Waals surface area (Å²) in [5.41, 5.74) is 0.975. The number of hydrogen-bond donors (Lipinski definition) is 0. The predicted molar refractivity (Wildman–Crippen MR) is 99.5 cm³/mol. The Morgan fingerprint density at radius 3 is 2.56 bits per heavy atom. The number of carbonyl (C=O) groups excluding carboxylic acids is 1. The van der Waals surface area contributed by atoms with Crippen LogP contribution in [0.25, 0.3) is 10.2 Å². The van der Waals surface area contributed by atoms with E-state index in [4.69, 9.17) is 11.6 Å². The number of fused-ring (bicyclic) bond motifs is 1. The fourth-order valence-corrected chi connectivity index (χ4v) is 5.22. The van der Waals surface area contributed by atoms with Crippen molar-refractivity contribution in [1.29, 1.82) is 0 Å². The molecule has 0 spiro atoms. The molecule has 2 aromatic carbocycles. The smallest absolute Gasteiger partial charge is 0.249 e. The van der Waals surface area contributed by atoms with Crippen LogP contribution in [0.2, 0.25) is 5.02 Å². The van der Waals surface area contributed by atoms with Crippen molar-refractivity contribution in [3.8, 4) is 0 Å². The highest BCUT2D eigenvalue weighted by Gasteiger charge is 2.19. The van der Waals surface area contributed by atoms with Gasteiger partial charge in [-0.1, -0.05) is 47.2 Å². The van der Waals surface area contributed by atoms with Crippen molar-refractivity contribution >= 4 is 48.9 Å². The zero-order valence-electron chi connectivity index (χ0n) is 13.3. The fourth-order valence-electron chi connectivity index (χ4n) is 2.38. The molecule has 0 saturated carbocycles. The third-order valence-corrected chi connectivity index (χ3v) is 7.01. The van der Waals surface area contributed by atoms with Gasteiger partial charge in [0.1, 0.15) is 0 Å². The molecule has 3 aromatic rings. The molecule has 1 heterocycles. The molecular weight excluding hydrogens is 380 g/mol. The first-order chi connectivity index (χ1) is 11.9. The van der Waals surface area contributed by atoms with Gasteiger partial charge in [-0.05, 0) is 24.3 Å². The first-order valence-corrected chi connectivity index (χ1v) is 10.3. The zero-order chi connectivity index (χ0) is 18.0. The van der Waals surface area contributed by atoms with E-state index in [1.807, 2.05) is 35.9 Å². The summed E-state index contributed by atoms with van der Waals surface area (Å²) in [6.07, 6.45) is -0.193. The molecule has 0 saturated heterocycles. The van der Waals surface area contributed by atoms with E-state index in [-0.39, 0.29) is 22.1 Å². The van der Waals surface area contributed by atoms with E-state index in [1.54, 1.807) is 12.1 Å². The minimum atomic E-state index is -3.63. The van der Waals surface area contributed by atoms with E-state index in [2.05, 4.69) is 4.99 Å². The van der Waals surface area contributed by atoms with Crippen molar-refractivity contribution in [2.24, 2.45) is 12.0 Å².